The van der Waals surface area contributed by atoms with Gasteiger partial charge in [0.05, 0.1) is 5.69 Å². The van der Waals surface area contributed by atoms with Crippen LogP contribution >= 0.6 is 0 Å². The lowest BCUT2D eigenvalue weighted by molar-refractivity contribution is -0.134. The molecule has 2 heterocycles. The summed E-state index contributed by atoms with van der Waals surface area (Å²) in [6.07, 6.45) is 3.63. The van der Waals surface area contributed by atoms with E-state index in [1.807, 2.05) is 18.7 Å². The zero-order valence-corrected chi connectivity index (χ0v) is 16.1. The molecule has 1 amide bonds. The number of aromatic nitrogens is 1. The van der Waals surface area contributed by atoms with Gasteiger partial charge in [0.15, 0.2) is 0 Å². The van der Waals surface area contributed by atoms with Crippen molar-refractivity contribution in [2.45, 2.75) is 79.3 Å². The van der Waals surface area contributed by atoms with Gasteiger partial charge in [-0.2, -0.15) is 0 Å². The summed E-state index contributed by atoms with van der Waals surface area (Å²) in [6, 6.07) is 0.864. The van der Waals surface area contributed by atoms with Gasteiger partial charge in [-0.05, 0) is 45.4 Å². The molecule has 1 fully saturated rings. The summed E-state index contributed by atoms with van der Waals surface area (Å²) in [4.78, 5) is 14.3. The molecule has 0 aliphatic carbocycles. The molecule has 24 heavy (non-hydrogen) atoms. The van der Waals surface area contributed by atoms with E-state index in [0.717, 1.165) is 43.8 Å². The van der Waals surface area contributed by atoms with E-state index in [0.29, 0.717) is 24.4 Å². The number of likely N-dealkylation sites (tertiary alicyclic amines) is 1. The Morgan fingerprint density at radius 2 is 1.96 bits per heavy atom. The summed E-state index contributed by atoms with van der Waals surface area (Å²) in [7, 11) is 0. The Morgan fingerprint density at radius 3 is 2.46 bits per heavy atom. The summed E-state index contributed by atoms with van der Waals surface area (Å²) in [6.45, 7) is 14.3. The maximum absolute atomic E-state index is 12.3. The van der Waals surface area contributed by atoms with Crippen LogP contribution in [0.4, 0.5) is 0 Å². The van der Waals surface area contributed by atoms with E-state index in [2.05, 4.69) is 38.2 Å². The van der Waals surface area contributed by atoms with Gasteiger partial charge in [0, 0.05) is 37.2 Å². The van der Waals surface area contributed by atoms with Crippen LogP contribution in [-0.2, 0) is 11.2 Å². The quantitative estimate of drug-likeness (QED) is 0.897. The SMILES string of the molecule is Cc1noc(C)c1C[C@H](C)NC1CCN(C(=O)CC(C)(C)C)CC1. The molecule has 1 aliphatic rings. The third kappa shape index (κ3) is 5.33. The van der Waals surface area contributed by atoms with Crippen molar-refractivity contribution < 1.29 is 9.32 Å². The van der Waals surface area contributed by atoms with Crippen LogP contribution in [0.1, 0.15) is 64.0 Å². The van der Waals surface area contributed by atoms with Crippen molar-refractivity contribution in [1.82, 2.24) is 15.4 Å². The van der Waals surface area contributed by atoms with Crippen molar-refractivity contribution in [3.05, 3.63) is 17.0 Å². The third-order valence-corrected chi connectivity index (χ3v) is 4.74. The highest BCUT2D eigenvalue weighted by Crippen LogP contribution is 2.22. The smallest absolute Gasteiger partial charge is 0.223 e. The van der Waals surface area contributed by atoms with Crippen LogP contribution in [0.3, 0.4) is 0 Å². The Morgan fingerprint density at radius 1 is 1.33 bits per heavy atom. The number of aryl methyl sites for hydroxylation is 2. The third-order valence-electron chi connectivity index (χ3n) is 4.74. The second-order valence-corrected chi connectivity index (χ2v) is 8.47. The van der Waals surface area contributed by atoms with E-state index in [4.69, 9.17) is 4.52 Å². The second kappa shape index (κ2) is 7.68. The molecule has 5 nitrogen and oxygen atoms in total. The number of carbonyl (C=O) groups excluding carboxylic acids is 1. The van der Waals surface area contributed by atoms with Crippen molar-refractivity contribution in [2.75, 3.05) is 13.1 Å². The number of rotatable bonds is 5. The molecule has 1 saturated heterocycles. The first kappa shape index (κ1) is 19.0. The van der Waals surface area contributed by atoms with Crippen LogP contribution < -0.4 is 5.32 Å². The minimum absolute atomic E-state index is 0.0645. The molecule has 1 atom stereocenters. The first-order valence-electron chi connectivity index (χ1n) is 9.11. The van der Waals surface area contributed by atoms with Gasteiger partial charge in [0.25, 0.3) is 0 Å². The van der Waals surface area contributed by atoms with E-state index in [9.17, 15) is 4.79 Å². The summed E-state index contributed by atoms with van der Waals surface area (Å²) < 4.78 is 5.24. The van der Waals surface area contributed by atoms with E-state index in [-0.39, 0.29) is 5.41 Å². The minimum atomic E-state index is 0.0645. The molecule has 0 unspecified atom stereocenters. The van der Waals surface area contributed by atoms with Crippen molar-refractivity contribution >= 4 is 5.91 Å². The van der Waals surface area contributed by atoms with Crippen LogP contribution in [0.15, 0.2) is 4.52 Å². The predicted molar refractivity (Wildman–Crippen MR) is 96.0 cm³/mol. The number of piperidine rings is 1. The van der Waals surface area contributed by atoms with Crippen LogP contribution in [0, 0.1) is 19.3 Å². The van der Waals surface area contributed by atoms with Crippen molar-refractivity contribution in [3.8, 4) is 0 Å². The zero-order valence-electron chi connectivity index (χ0n) is 16.1. The van der Waals surface area contributed by atoms with Gasteiger partial charge >= 0.3 is 0 Å². The molecule has 0 aromatic carbocycles. The van der Waals surface area contributed by atoms with Gasteiger partial charge in [-0.3, -0.25) is 4.79 Å². The van der Waals surface area contributed by atoms with E-state index >= 15 is 0 Å². The number of hydrogen-bond acceptors (Lipinski definition) is 4. The summed E-state index contributed by atoms with van der Waals surface area (Å²) in [5.74, 6) is 1.22. The molecule has 1 aromatic rings. The van der Waals surface area contributed by atoms with Gasteiger partial charge in [0.2, 0.25) is 5.91 Å². The molecule has 0 bridgehead atoms. The molecule has 1 N–H and O–H groups in total. The lowest BCUT2D eigenvalue weighted by Gasteiger charge is -2.35. The summed E-state index contributed by atoms with van der Waals surface area (Å²) >= 11 is 0. The fourth-order valence-electron chi connectivity index (χ4n) is 3.42. The molecule has 0 radical (unpaired) electrons. The maximum Gasteiger partial charge on any atom is 0.223 e. The molecule has 5 heteroatoms. The van der Waals surface area contributed by atoms with Crippen molar-refractivity contribution in [2.24, 2.45) is 5.41 Å². The van der Waals surface area contributed by atoms with Crippen molar-refractivity contribution in [3.63, 3.8) is 0 Å². The predicted octanol–water partition coefficient (Wildman–Crippen LogP) is 3.24. The van der Waals surface area contributed by atoms with Crippen LogP contribution in [0.2, 0.25) is 0 Å². The first-order valence-corrected chi connectivity index (χ1v) is 9.11. The van der Waals surface area contributed by atoms with Gasteiger partial charge in [-0.25, -0.2) is 0 Å². The topological polar surface area (TPSA) is 58.4 Å². The molecule has 1 aliphatic heterocycles. The van der Waals surface area contributed by atoms with Gasteiger partial charge in [0.1, 0.15) is 5.76 Å². The van der Waals surface area contributed by atoms with E-state index in [1.54, 1.807) is 0 Å². The highest BCUT2D eigenvalue weighted by molar-refractivity contribution is 5.76. The minimum Gasteiger partial charge on any atom is -0.361 e. The Bertz CT molecular complexity index is 532. The number of nitrogens with one attached hydrogen (secondary N) is 1. The van der Waals surface area contributed by atoms with Gasteiger partial charge in [-0.15, -0.1) is 0 Å². The fraction of sp³-hybridized carbons (Fsp3) is 0.789. The average Bonchev–Trinajstić information content (AvgIpc) is 2.78. The molecular weight excluding hydrogens is 302 g/mol. The molecular formula is C19H33N3O2. The monoisotopic (exact) mass is 335 g/mol. The number of hydrogen-bond donors (Lipinski definition) is 1. The molecule has 1 aromatic heterocycles. The largest absolute Gasteiger partial charge is 0.361 e. The lowest BCUT2D eigenvalue weighted by Crippen LogP contribution is -2.48. The molecule has 2 rings (SSSR count). The highest BCUT2D eigenvalue weighted by atomic mass is 16.5. The summed E-state index contributed by atoms with van der Waals surface area (Å²) in [5.41, 5.74) is 2.27. The maximum atomic E-state index is 12.3. The fourth-order valence-corrected chi connectivity index (χ4v) is 3.42. The Labute approximate surface area is 146 Å². The van der Waals surface area contributed by atoms with Crippen LogP contribution in [0.25, 0.3) is 0 Å². The van der Waals surface area contributed by atoms with E-state index < -0.39 is 0 Å². The highest BCUT2D eigenvalue weighted by Gasteiger charge is 2.26. The standard InChI is InChI=1S/C19H33N3O2/c1-13(11-17-14(2)21-24-15(17)3)20-16-7-9-22(10-8-16)18(23)12-19(4,5)6/h13,16,20H,7-12H2,1-6H3/t13-/m0/s1. The normalized spacial score (nSPS) is 18.0. The van der Waals surface area contributed by atoms with Gasteiger partial charge < -0.3 is 14.7 Å². The van der Waals surface area contributed by atoms with Gasteiger partial charge in [-0.1, -0.05) is 25.9 Å². The zero-order chi connectivity index (χ0) is 17.9. The molecule has 136 valence electrons. The lowest BCUT2D eigenvalue weighted by atomic mass is 9.91. The summed E-state index contributed by atoms with van der Waals surface area (Å²) in [5, 5.41) is 7.74. The average molecular weight is 335 g/mol. The van der Waals surface area contributed by atoms with E-state index in [1.165, 1.54) is 5.56 Å². The Balaban J connectivity index is 1.77. The van der Waals surface area contributed by atoms with Crippen molar-refractivity contribution in [1.29, 1.82) is 0 Å². The Kier molecular flexibility index (Phi) is 6.07. The van der Waals surface area contributed by atoms with Crippen LogP contribution in [0.5, 0.6) is 0 Å². The number of amides is 1. The Hall–Kier alpha value is -1.36. The molecule has 0 spiro atoms. The first-order chi connectivity index (χ1) is 11.2. The number of nitrogens with zero attached hydrogens (tertiary/aromatic N) is 2. The number of carbonyl (C=O) groups is 1. The van der Waals surface area contributed by atoms with Crippen LogP contribution in [-0.4, -0.2) is 41.1 Å². The second-order valence-electron chi connectivity index (χ2n) is 8.47. The molecule has 0 saturated carbocycles.